The number of nitrogens with zero attached hydrogens (tertiary/aromatic N) is 4. The van der Waals surface area contributed by atoms with E-state index in [2.05, 4.69) is 15.3 Å². The summed E-state index contributed by atoms with van der Waals surface area (Å²) in [6, 6.07) is 8.86. The SMILES string of the molecule is Cc1nn(-c2ccccc2)c([O-])c1N=Nc1cc(S(=O)(=O)[O-])cc(S(=O)(=O)[O-])c1[O-].[Cu+2].[Na+].[Na+]. The van der Waals surface area contributed by atoms with Gasteiger partial charge in [0.05, 0.1) is 22.0 Å². The molecule has 3 aromatic rings. The van der Waals surface area contributed by atoms with Crippen LogP contribution in [0.3, 0.4) is 0 Å². The molecule has 1 heterocycles. The summed E-state index contributed by atoms with van der Waals surface area (Å²) in [5.41, 5.74) is -0.729. The molecule has 0 aliphatic heterocycles. The molecule has 0 saturated heterocycles. The van der Waals surface area contributed by atoms with Gasteiger partial charge in [-0.05, 0) is 31.2 Å². The average Bonchev–Trinajstić information content (AvgIpc) is 2.93. The molecule has 17 heteroatoms. The van der Waals surface area contributed by atoms with Crippen molar-refractivity contribution in [3.8, 4) is 17.3 Å². The van der Waals surface area contributed by atoms with Crippen molar-refractivity contribution in [1.82, 2.24) is 9.78 Å². The molecule has 0 bridgehead atoms. The second kappa shape index (κ2) is 12.2. The summed E-state index contributed by atoms with van der Waals surface area (Å²) in [5, 5.41) is 35.7. The molecule has 167 valence electrons. The minimum absolute atomic E-state index is 0. The predicted octanol–water partition coefficient (Wildman–Crippen LogP) is -5.44. The van der Waals surface area contributed by atoms with Crippen LogP contribution in [0, 0.1) is 6.92 Å². The van der Waals surface area contributed by atoms with E-state index in [-0.39, 0.29) is 93.6 Å². The first-order valence-electron chi connectivity index (χ1n) is 7.90. The second-order valence-corrected chi connectivity index (χ2v) is 8.59. The first-order chi connectivity index (χ1) is 13.9. The maximum atomic E-state index is 12.5. The van der Waals surface area contributed by atoms with Crippen LogP contribution in [0.15, 0.2) is 62.5 Å². The third-order valence-corrected chi connectivity index (χ3v) is 5.47. The van der Waals surface area contributed by atoms with Crippen molar-refractivity contribution in [2.24, 2.45) is 10.2 Å². The zero-order chi connectivity index (χ0) is 22.3. The van der Waals surface area contributed by atoms with Crippen LogP contribution in [0.4, 0.5) is 11.4 Å². The number of rotatable bonds is 5. The van der Waals surface area contributed by atoms with Crippen molar-refractivity contribution < 1.29 is 112 Å². The maximum absolute atomic E-state index is 12.5. The van der Waals surface area contributed by atoms with Crippen LogP contribution in [-0.4, -0.2) is 35.7 Å². The van der Waals surface area contributed by atoms with E-state index in [1.54, 1.807) is 30.3 Å². The van der Waals surface area contributed by atoms with Gasteiger partial charge >= 0.3 is 76.2 Å². The molecular formula is C16H10CuN4Na2O8S2. The Kier molecular flexibility index (Phi) is 11.9. The number of para-hydroxylation sites is 1. The molecule has 0 fully saturated rings. The number of aryl methyl sites for hydroxylation is 1. The summed E-state index contributed by atoms with van der Waals surface area (Å²) in [7, 11) is -10.6. The largest absolute Gasteiger partial charge is 2.00 e. The smallest absolute Gasteiger partial charge is 0.870 e. The molecule has 0 atom stereocenters. The summed E-state index contributed by atoms with van der Waals surface area (Å²) in [6.45, 7) is 1.42. The minimum Gasteiger partial charge on any atom is -0.870 e. The van der Waals surface area contributed by atoms with Gasteiger partial charge in [0.1, 0.15) is 25.9 Å². The number of hydrogen-bond acceptors (Lipinski definition) is 11. The molecule has 0 amide bonds. The number of hydrogen-bond donors (Lipinski definition) is 0. The van der Waals surface area contributed by atoms with Crippen LogP contribution < -0.4 is 69.3 Å². The van der Waals surface area contributed by atoms with Gasteiger partial charge in [-0.15, -0.1) is 5.11 Å². The van der Waals surface area contributed by atoms with Gasteiger partial charge in [0.25, 0.3) is 0 Å². The fourth-order valence-electron chi connectivity index (χ4n) is 2.43. The van der Waals surface area contributed by atoms with Crippen LogP contribution in [-0.2, 0) is 37.3 Å². The Morgan fingerprint density at radius 2 is 1.48 bits per heavy atom. The quantitative estimate of drug-likeness (QED) is 0.166. The Labute approximate surface area is 243 Å². The average molecular weight is 560 g/mol. The fourth-order valence-corrected chi connectivity index (χ4v) is 3.62. The van der Waals surface area contributed by atoms with Crippen LogP contribution in [0.25, 0.3) is 5.69 Å². The predicted molar refractivity (Wildman–Crippen MR) is 93.7 cm³/mol. The van der Waals surface area contributed by atoms with Gasteiger partial charge in [0.15, 0.2) is 0 Å². The molecule has 0 aliphatic carbocycles. The minimum atomic E-state index is -5.42. The van der Waals surface area contributed by atoms with Crippen molar-refractivity contribution in [3.63, 3.8) is 0 Å². The number of azo groups is 1. The Morgan fingerprint density at radius 1 is 0.909 bits per heavy atom. The third kappa shape index (κ3) is 7.34. The fraction of sp³-hybridized carbons (Fsp3) is 0.0625. The number of benzene rings is 2. The molecule has 1 radical (unpaired) electrons. The van der Waals surface area contributed by atoms with Gasteiger partial charge in [-0.25, -0.2) is 21.5 Å². The molecule has 0 saturated carbocycles. The van der Waals surface area contributed by atoms with E-state index in [0.29, 0.717) is 11.8 Å². The van der Waals surface area contributed by atoms with Crippen LogP contribution >= 0.6 is 0 Å². The summed E-state index contributed by atoms with van der Waals surface area (Å²) < 4.78 is 68.4. The van der Waals surface area contributed by atoms with E-state index < -0.39 is 47.3 Å². The van der Waals surface area contributed by atoms with E-state index in [0.717, 1.165) is 4.68 Å². The molecule has 33 heavy (non-hydrogen) atoms. The first-order valence-corrected chi connectivity index (χ1v) is 10.7. The maximum Gasteiger partial charge on any atom is 2.00 e. The summed E-state index contributed by atoms with van der Waals surface area (Å²) >= 11 is 0. The van der Waals surface area contributed by atoms with Crippen molar-refractivity contribution in [2.45, 2.75) is 16.7 Å². The third-order valence-electron chi connectivity index (χ3n) is 3.81. The van der Waals surface area contributed by atoms with Gasteiger partial charge in [0.2, 0.25) is 0 Å². The van der Waals surface area contributed by atoms with Crippen molar-refractivity contribution in [2.75, 3.05) is 0 Å². The van der Waals surface area contributed by atoms with Crippen molar-refractivity contribution in [3.05, 3.63) is 48.2 Å². The molecule has 3 rings (SSSR count). The Balaban J connectivity index is 0.00000341. The zero-order valence-corrected chi connectivity index (χ0v) is 23.8. The van der Waals surface area contributed by atoms with E-state index in [9.17, 15) is 36.2 Å². The Hall–Kier alpha value is -0.811. The second-order valence-electron chi connectivity index (χ2n) is 5.86. The molecule has 0 unspecified atom stereocenters. The van der Waals surface area contributed by atoms with E-state index >= 15 is 0 Å². The van der Waals surface area contributed by atoms with Crippen molar-refractivity contribution in [1.29, 1.82) is 0 Å². The molecule has 0 aliphatic rings. The molecule has 1 aromatic heterocycles. The number of aromatic nitrogens is 2. The monoisotopic (exact) mass is 559 g/mol. The standard InChI is InChI=1S/C16H14N4O8S2.Cu.2Na/c1-9-14(16(22)20(19-9)10-5-3-2-4-6-10)18-17-12-7-11(29(23,24)25)8-13(15(12)21)30(26,27)28;;;/h2-8,21-22H,1H3,(H,23,24,25)(H,26,27,28);;;/q;+2;2*+1/p-4. The summed E-state index contributed by atoms with van der Waals surface area (Å²) in [5.74, 6) is -2.19. The van der Waals surface area contributed by atoms with Gasteiger partial charge in [-0.1, -0.05) is 23.9 Å². The summed E-state index contributed by atoms with van der Waals surface area (Å²) in [6.07, 6.45) is 0. The summed E-state index contributed by atoms with van der Waals surface area (Å²) in [4.78, 5) is -2.64. The molecule has 12 nitrogen and oxygen atoms in total. The van der Waals surface area contributed by atoms with Crippen LogP contribution in [0.2, 0.25) is 0 Å². The van der Waals surface area contributed by atoms with Gasteiger partial charge in [-0.3, -0.25) is 0 Å². The van der Waals surface area contributed by atoms with Crippen LogP contribution in [0.5, 0.6) is 11.6 Å². The Bertz CT molecular complexity index is 1380. The van der Waals surface area contributed by atoms with Gasteiger partial charge in [-0.2, -0.15) is 10.2 Å². The normalized spacial score (nSPS) is 11.4. The van der Waals surface area contributed by atoms with E-state index in [1.807, 2.05) is 0 Å². The molecule has 2 aromatic carbocycles. The van der Waals surface area contributed by atoms with Crippen LogP contribution in [0.1, 0.15) is 5.69 Å². The molecule has 0 N–H and O–H groups in total. The first kappa shape index (κ1) is 32.2. The molecular weight excluding hydrogens is 550 g/mol. The van der Waals surface area contributed by atoms with E-state index in [4.69, 9.17) is 0 Å². The molecule has 0 spiro atoms. The van der Waals surface area contributed by atoms with Crippen molar-refractivity contribution >= 4 is 31.6 Å². The topological polar surface area (TPSA) is 203 Å². The van der Waals surface area contributed by atoms with Gasteiger partial charge < -0.3 is 19.3 Å². The van der Waals surface area contributed by atoms with Gasteiger partial charge in [0, 0.05) is 10.8 Å². The Morgan fingerprint density at radius 3 is 2.00 bits per heavy atom. The van der Waals surface area contributed by atoms with E-state index in [1.165, 1.54) is 6.92 Å². The zero-order valence-electron chi connectivity index (χ0n) is 17.2.